The van der Waals surface area contributed by atoms with Crippen LogP contribution in [0.2, 0.25) is 0 Å². The van der Waals surface area contributed by atoms with Crippen molar-refractivity contribution in [3.63, 3.8) is 0 Å². The Bertz CT molecular complexity index is 664. The molecule has 2 rings (SSSR count). The standard InChI is InChI=1S/C14H16N2O3S/c1-8-6-9(2)13-10(7-8)20-14(16-13)15-11(17)4-3-5-12(18)19/h6-7H,3-5H2,1-2H3,(H,18,19)(H,15,16,17). The number of nitrogens with one attached hydrogen (secondary N) is 1. The number of aromatic nitrogens is 1. The fourth-order valence-electron chi connectivity index (χ4n) is 2.01. The second-order valence-electron chi connectivity index (χ2n) is 4.74. The molecule has 1 aromatic heterocycles. The summed E-state index contributed by atoms with van der Waals surface area (Å²) in [7, 11) is 0. The second-order valence-corrected chi connectivity index (χ2v) is 5.77. The lowest BCUT2D eigenvalue weighted by Crippen LogP contribution is -2.11. The van der Waals surface area contributed by atoms with E-state index >= 15 is 0 Å². The molecule has 0 radical (unpaired) electrons. The molecule has 1 heterocycles. The first kappa shape index (κ1) is 14.5. The van der Waals surface area contributed by atoms with Crippen molar-refractivity contribution in [2.75, 3.05) is 5.32 Å². The molecule has 0 saturated heterocycles. The number of hydrogen-bond acceptors (Lipinski definition) is 4. The zero-order valence-electron chi connectivity index (χ0n) is 11.4. The molecule has 0 fully saturated rings. The normalized spacial score (nSPS) is 10.7. The quantitative estimate of drug-likeness (QED) is 0.887. The number of rotatable bonds is 5. The van der Waals surface area contributed by atoms with E-state index in [4.69, 9.17) is 5.11 Å². The molecule has 0 atom stereocenters. The van der Waals surface area contributed by atoms with Crippen LogP contribution in [0.3, 0.4) is 0 Å². The monoisotopic (exact) mass is 292 g/mol. The molecule has 0 aliphatic rings. The summed E-state index contributed by atoms with van der Waals surface area (Å²) in [5.41, 5.74) is 3.15. The van der Waals surface area contributed by atoms with E-state index in [0.717, 1.165) is 21.3 Å². The summed E-state index contributed by atoms with van der Waals surface area (Å²) in [4.78, 5) is 26.5. The zero-order valence-corrected chi connectivity index (χ0v) is 12.2. The maximum Gasteiger partial charge on any atom is 0.303 e. The summed E-state index contributed by atoms with van der Waals surface area (Å²) < 4.78 is 1.04. The molecule has 0 unspecified atom stereocenters. The Labute approximate surface area is 120 Å². The molecule has 0 aliphatic carbocycles. The molecule has 0 saturated carbocycles. The maximum atomic E-state index is 11.7. The summed E-state index contributed by atoms with van der Waals surface area (Å²) in [6.45, 7) is 4.02. The van der Waals surface area contributed by atoms with Crippen molar-refractivity contribution in [3.8, 4) is 0 Å². The van der Waals surface area contributed by atoms with Crippen LogP contribution >= 0.6 is 11.3 Å². The Kier molecular flexibility index (Phi) is 4.34. The van der Waals surface area contributed by atoms with Crippen molar-refractivity contribution in [2.45, 2.75) is 33.1 Å². The number of thiazole rings is 1. The van der Waals surface area contributed by atoms with E-state index in [-0.39, 0.29) is 18.7 Å². The predicted octanol–water partition coefficient (Wildman–Crippen LogP) is 3.11. The van der Waals surface area contributed by atoms with Crippen molar-refractivity contribution in [1.29, 1.82) is 0 Å². The number of amides is 1. The number of fused-ring (bicyclic) bond motifs is 1. The summed E-state index contributed by atoms with van der Waals surface area (Å²) in [6, 6.07) is 4.10. The van der Waals surface area contributed by atoms with E-state index in [2.05, 4.69) is 16.4 Å². The number of aryl methyl sites for hydroxylation is 2. The van der Waals surface area contributed by atoms with E-state index in [1.54, 1.807) is 0 Å². The molecule has 2 aromatic rings. The van der Waals surface area contributed by atoms with Crippen LogP contribution in [0, 0.1) is 13.8 Å². The number of carboxylic acids is 1. The smallest absolute Gasteiger partial charge is 0.303 e. The molecule has 2 N–H and O–H groups in total. The molecule has 5 nitrogen and oxygen atoms in total. The molecular formula is C14H16N2O3S. The van der Waals surface area contributed by atoms with Crippen molar-refractivity contribution < 1.29 is 14.7 Å². The zero-order chi connectivity index (χ0) is 14.7. The largest absolute Gasteiger partial charge is 0.481 e. The average Bonchev–Trinajstić information content (AvgIpc) is 2.71. The van der Waals surface area contributed by atoms with Crippen LogP contribution in [0.25, 0.3) is 10.2 Å². The summed E-state index contributed by atoms with van der Waals surface area (Å²) >= 11 is 1.43. The maximum absolute atomic E-state index is 11.7. The van der Waals surface area contributed by atoms with Gasteiger partial charge in [0.25, 0.3) is 0 Å². The molecule has 1 amide bonds. The molecule has 6 heteroatoms. The Balaban J connectivity index is 2.05. The fourth-order valence-corrected chi connectivity index (χ4v) is 3.06. The van der Waals surface area contributed by atoms with E-state index in [9.17, 15) is 9.59 Å². The van der Waals surface area contributed by atoms with Gasteiger partial charge in [0.1, 0.15) is 0 Å². The van der Waals surface area contributed by atoms with Gasteiger partial charge in [0.05, 0.1) is 10.2 Å². The van der Waals surface area contributed by atoms with E-state index in [1.165, 1.54) is 11.3 Å². The number of carboxylic acid groups (broad SMARTS) is 1. The van der Waals surface area contributed by atoms with E-state index < -0.39 is 5.97 Å². The molecule has 0 bridgehead atoms. The molecule has 1 aromatic carbocycles. The highest BCUT2D eigenvalue weighted by Crippen LogP contribution is 2.29. The van der Waals surface area contributed by atoms with Crippen LogP contribution in [0.4, 0.5) is 5.13 Å². The molecule has 20 heavy (non-hydrogen) atoms. The van der Waals surface area contributed by atoms with Crippen LogP contribution in [-0.2, 0) is 9.59 Å². The lowest BCUT2D eigenvalue weighted by molar-refractivity contribution is -0.137. The minimum absolute atomic E-state index is 0.00552. The number of anilines is 1. The van der Waals surface area contributed by atoms with Crippen molar-refractivity contribution in [2.24, 2.45) is 0 Å². The van der Waals surface area contributed by atoms with Crippen LogP contribution < -0.4 is 5.32 Å². The predicted molar refractivity (Wildman–Crippen MR) is 79.2 cm³/mol. The third kappa shape index (κ3) is 3.54. The van der Waals surface area contributed by atoms with Gasteiger partial charge in [-0.25, -0.2) is 4.98 Å². The summed E-state index contributed by atoms with van der Waals surface area (Å²) in [6.07, 6.45) is 0.538. The van der Waals surface area contributed by atoms with Gasteiger partial charge in [0.15, 0.2) is 5.13 Å². The highest BCUT2D eigenvalue weighted by atomic mass is 32.1. The van der Waals surface area contributed by atoms with E-state index in [0.29, 0.717) is 11.6 Å². The Morgan fingerprint density at radius 1 is 1.30 bits per heavy atom. The van der Waals surface area contributed by atoms with Gasteiger partial charge in [-0.15, -0.1) is 0 Å². The number of benzene rings is 1. The van der Waals surface area contributed by atoms with Crippen molar-refractivity contribution in [3.05, 3.63) is 23.3 Å². The van der Waals surface area contributed by atoms with Crippen molar-refractivity contribution in [1.82, 2.24) is 4.98 Å². The first-order valence-electron chi connectivity index (χ1n) is 6.35. The van der Waals surface area contributed by atoms with Gasteiger partial charge in [-0.05, 0) is 37.5 Å². The van der Waals surface area contributed by atoms with Crippen LogP contribution in [0.1, 0.15) is 30.4 Å². The Morgan fingerprint density at radius 2 is 2.05 bits per heavy atom. The third-order valence-electron chi connectivity index (χ3n) is 2.87. The van der Waals surface area contributed by atoms with Gasteiger partial charge < -0.3 is 10.4 Å². The first-order valence-corrected chi connectivity index (χ1v) is 7.17. The number of aliphatic carboxylic acids is 1. The molecule has 106 valence electrons. The number of hydrogen-bond donors (Lipinski definition) is 2. The SMILES string of the molecule is Cc1cc(C)c2nc(NC(=O)CCCC(=O)O)sc2c1. The lowest BCUT2D eigenvalue weighted by Gasteiger charge is -1.99. The summed E-state index contributed by atoms with van der Waals surface area (Å²) in [5, 5.41) is 11.8. The van der Waals surface area contributed by atoms with Crippen molar-refractivity contribution >= 4 is 38.6 Å². The number of carbonyl (C=O) groups excluding carboxylic acids is 1. The van der Waals surface area contributed by atoms with Crippen LogP contribution in [0.15, 0.2) is 12.1 Å². The minimum atomic E-state index is -0.885. The number of carbonyl (C=O) groups is 2. The summed E-state index contributed by atoms with van der Waals surface area (Å²) in [5.74, 6) is -1.08. The average molecular weight is 292 g/mol. The van der Waals surface area contributed by atoms with Crippen LogP contribution in [0.5, 0.6) is 0 Å². The molecular weight excluding hydrogens is 276 g/mol. The highest BCUT2D eigenvalue weighted by molar-refractivity contribution is 7.22. The topological polar surface area (TPSA) is 79.3 Å². The first-order chi connectivity index (χ1) is 9.45. The minimum Gasteiger partial charge on any atom is -0.481 e. The van der Waals surface area contributed by atoms with Gasteiger partial charge in [0.2, 0.25) is 5.91 Å². The van der Waals surface area contributed by atoms with Gasteiger partial charge in [-0.3, -0.25) is 9.59 Å². The van der Waals surface area contributed by atoms with E-state index in [1.807, 2.05) is 19.9 Å². The fraction of sp³-hybridized carbons (Fsp3) is 0.357. The Morgan fingerprint density at radius 3 is 2.75 bits per heavy atom. The number of nitrogens with zero attached hydrogens (tertiary/aromatic N) is 1. The third-order valence-corrected chi connectivity index (χ3v) is 3.79. The van der Waals surface area contributed by atoms with Gasteiger partial charge in [0, 0.05) is 12.8 Å². The highest BCUT2D eigenvalue weighted by Gasteiger charge is 2.10. The molecule has 0 spiro atoms. The van der Waals surface area contributed by atoms with Gasteiger partial charge in [-0.2, -0.15) is 0 Å². The van der Waals surface area contributed by atoms with Gasteiger partial charge in [-0.1, -0.05) is 17.4 Å². The lowest BCUT2D eigenvalue weighted by atomic mass is 10.1. The van der Waals surface area contributed by atoms with Crippen LogP contribution in [-0.4, -0.2) is 22.0 Å². The van der Waals surface area contributed by atoms with Gasteiger partial charge >= 0.3 is 5.97 Å². The second kappa shape index (κ2) is 6.00. The Hall–Kier alpha value is -1.95. The molecule has 0 aliphatic heterocycles.